The molecule has 1 unspecified atom stereocenters. The Kier molecular flexibility index (Phi) is 7.23. The number of hydrogen-bond acceptors (Lipinski definition) is 2. The third-order valence-corrected chi connectivity index (χ3v) is 3.51. The van der Waals surface area contributed by atoms with Gasteiger partial charge in [-0.15, -0.1) is 0 Å². The molecule has 1 aromatic rings. The van der Waals surface area contributed by atoms with Crippen LogP contribution < -0.4 is 11.1 Å². The van der Waals surface area contributed by atoms with Gasteiger partial charge >= 0.3 is 0 Å². The highest BCUT2D eigenvalue weighted by Crippen LogP contribution is 2.08. The molecule has 3 nitrogen and oxygen atoms in total. The summed E-state index contributed by atoms with van der Waals surface area (Å²) < 4.78 is 0. The molecule has 0 saturated heterocycles. The standard InChI is InChI=1S/C16H24N2OS/c1-3-4-5-6-8-12(2)18-16(19)14-10-7-9-13(11-14)15(17)20/h7,9-12H,3-6,8H2,1-2H3,(H2,17,20)(H,18,19). The Balaban J connectivity index is 2.49. The van der Waals surface area contributed by atoms with Crippen molar-refractivity contribution in [2.24, 2.45) is 5.73 Å². The van der Waals surface area contributed by atoms with Gasteiger partial charge in [0.15, 0.2) is 0 Å². The molecule has 1 rings (SSSR count). The van der Waals surface area contributed by atoms with Crippen LogP contribution in [0.2, 0.25) is 0 Å². The molecule has 110 valence electrons. The quantitative estimate of drug-likeness (QED) is 0.570. The van der Waals surface area contributed by atoms with Crippen LogP contribution in [0.4, 0.5) is 0 Å². The Morgan fingerprint density at radius 2 is 2.00 bits per heavy atom. The van der Waals surface area contributed by atoms with Gasteiger partial charge < -0.3 is 11.1 Å². The summed E-state index contributed by atoms with van der Waals surface area (Å²) >= 11 is 4.92. The minimum atomic E-state index is -0.0638. The summed E-state index contributed by atoms with van der Waals surface area (Å²) in [6.07, 6.45) is 5.89. The molecule has 0 heterocycles. The van der Waals surface area contributed by atoms with Crippen LogP contribution in [0, 0.1) is 0 Å². The molecule has 0 saturated carbocycles. The Bertz CT molecular complexity index is 460. The van der Waals surface area contributed by atoms with Crippen LogP contribution in [0.15, 0.2) is 24.3 Å². The minimum absolute atomic E-state index is 0.0638. The van der Waals surface area contributed by atoms with Gasteiger partial charge in [0.2, 0.25) is 0 Å². The lowest BCUT2D eigenvalue weighted by atomic mass is 10.1. The SMILES string of the molecule is CCCCCCC(C)NC(=O)c1cccc(C(N)=S)c1. The van der Waals surface area contributed by atoms with E-state index in [1.54, 1.807) is 18.2 Å². The fraction of sp³-hybridized carbons (Fsp3) is 0.500. The Morgan fingerprint density at radius 1 is 1.30 bits per heavy atom. The van der Waals surface area contributed by atoms with E-state index in [1.807, 2.05) is 13.0 Å². The summed E-state index contributed by atoms with van der Waals surface area (Å²) in [4.78, 5) is 12.4. The molecule has 3 N–H and O–H groups in total. The lowest BCUT2D eigenvalue weighted by Gasteiger charge is -2.14. The maximum Gasteiger partial charge on any atom is 0.251 e. The summed E-state index contributed by atoms with van der Waals surface area (Å²) in [6.45, 7) is 4.24. The summed E-state index contributed by atoms with van der Waals surface area (Å²) in [5, 5.41) is 3.02. The summed E-state index contributed by atoms with van der Waals surface area (Å²) in [5.74, 6) is -0.0638. The first-order valence-electron chi connectivity index (χ1n) is 7.25. The first-order chi connectivity index (χ1) is 9.54. The molecule has 0 bridgehead atoms. The zero-order chi connectivity index (χ0) is 15.0. The normalized spacial score (nSPS) is 11.9. The molecule has 0 aromatic heterocycles. The number of thiocarbonyl (C=S) groups is 1. The number of benzene rings is 1. The molecule has 0 spiro atoms. The monoisotopic (exact) mass is 292 g/mol. The van der Waals surface area contributed by atoms with Crippen molar-refractivity contribution in [3.8, 4) is 0 Å². The molecule has 0 fully saturated rings. The van der Waals surface area contributed by atoms with Crippen molar-refractivity contribution in [3.63, 3.8) is 0 Å². The van der Waals surface area contributed by atoms with Gasteiger partial charge in [-0.3, -0.25) is 4.79 Å². The molecular weight excluding hydrogens is 268 g/mol. The number of hydrogen-bond donors (Lipinski definition) is 2. The largest absolute Gasteiger partial charge is 0.389 e. The average molecular weight is 292 g/mol. The number of nitrogens with two attached hydrogens (primary N) is 1. The van der Waals surface area contributed by atoms with E-state index in [9.17, 15) is 4.79 Å². The molecule has 1 aromatic carbocycles. The van der Waals surface area contributed by atoms with Gasteiger partial charge in [0.25, 0.3) is 5.91 Å². The van der Waals surface area contributed by atoms with Gasteiger partial charge in [0, 0.05) is 17.2 Å². The Hall–Kier alpha value is -1.42. The van der Waals surface area contributed by atoms with E-state index in [4.69, 9.17) is 18.0 Å². The first-order valence-corrected chi connectivity index (χ1v) is 7.66. The van der Waals surface area contributed by atoms with Gasteiger partial charge in [0.1, 0.15) is 4.99 Å². The molecule has 0 aliphatic carbocycles. The highest BCUT2D eigenvalue weighted by Gasteiger charge is 2.10. The highest BCUT2D eigenvalue weighted by atomic mass is 32.1. The average Bonchev–Trinajstić information content (AvgIpc) is 2.43. The van der Waals surface area contributed by atoms with Crippen LogP contribution in [0.1, 0.15) is 61.9 Å². The molecule has 1 atom stereocenters. The Morgan fingerprint density at radius 3 is 2.65 bits per heavy atom. The van der Waals surface area contributed by atoms with Crippen LogP contribution in [0.3, 0.4) is 0 Å². The van der Waals surface area contributed by atoms with Crippen LogP contribution in [0.5, 0.6) is 0 Å². The number of unbranched alkanes of at least 4 members (excludes halogenated alkanes) is 3. The smallest absolute Gasteiger partial charge is 0.251 e. The molecule has 0 aliphatic heterocycles. The maximum atomic E-state index is 12.1. The predicted octanol–water partition coefficient (Wildman–Crippen LogP) is 3.41. The molecule has 20 heavy (non-hydrogen) atoms. The lowest BCUT2D eigenvalue weighted by Crippen LogP contribution is -2.32. The molecule has 0 radical (unpaired) electrons. The molecule has 0 aliphatic rings. The van der Waals surface area contributed by atoms with E-state index in [-0.39, 0.29) is 11.9 Å². The number of rotatable bonds is 8. The zero-order valence-electron chi connectivity index (χ0n) is 12.3. The lowest BCUT2D eigenvalue weighted by molar-refractivity contribution is 0.0938. The molecular formula is C16H24N2OS. The van der Waals surface area contributed by atoms with E-state index < -0.39 is 0 Å². The fourth-order valence-corrected chi connectivity index (χ4v) is 2.20. The summed E-state index contributed by atoms with van der Waals surface area (Å²) in [5.41, 5.74) is 6.91. The molecule has 1 amide bonds. The van der Waals surface area contributed by atoms with Crippen molar-refractivity contribution in [2.45, 2.75) is 52.0 Å². The van der Waals surface area contributed by atoms with Crippen LogP contribution in [0.25, 0.3) is 0 Å². The van der Waals surface area contributed by atoms with E-state index >= 15 is 0 Å². The van der Waals surface area contributed by atoms with Crippen molar-refractivity contribution in [1.82, 2.24) is 5.32 Å². The number of carbonyl (C=O) groups excluding carboxylic acids is 1. The van der Waals surface area contributed by atoms with Crippen LogP contribution >= 0.6 is 12.2 Å². The highest BCUT2D eigenvalue weighted by molar-refractivity contribution is 7.80. The van der Waals surface area contributed by atoms with Gasteiger partial charge in [-0.2, -0.15) is 0 Å². The molecule has 4 heteroatoms. The topological polar surface area (TPSA) is 55.1 Å². The Labute approximate surface area is 126 Å². The first kappa shape index (κ1) is 16.6. The van der Waals surface area contributed by atoms with Gasteiger partial charge in [-0.1, -0.05) is 57.0 Å². The van der Waals surface area contributed by atoms with E-state index in [0.29, 0.717) is 10.6 Å². The van der Waals surface area contributed by atoms with Crippen molar-refractivity contribution in [1.29, 1.82) is 0 Å². The number of amides is 1. The van der Waals surface area contributed by atoms with Crippen molar-refractivity contribution >= 4 is 23.1 Å². The van der Waals surface area contributed by atoms with E-state index in [1.165, 1.54) is 19.3 Å². The summed E-state index contributed by atoms with van der Waals surface area (Å²) in [6, 6.07) is 7.32. The van der Waals surface area contributed by atoms with Crippen molar-refractivity contribution < 1.29 is 4.79 Å². The van der Waals surface area contributed by atoms with Crippen LogP contribution in [-0.4, -0.2) is 16.9 Å². The second-order valence-corrected chi connectivity index (χ2v) is 5.61. The number of carbonyl (C=O) groups is 1. The minimum Gasteiger partial charge on any atom is -0.389 e. The maximum absolute atomic E-state index is 12.1. The van der Waals surface area contributed by atoms with Crippen molar-refractivity contribution in [2.75, 3.05) is 0 Å². The summed E-state index contributed by atoms with van der Waals surface area (Å²) in [7, 11) is 0. The predicted molar refractivity (Wildman–Crippen MR) is 88.0 cm³/mol. The number of nitrogens with one attached hydrogen (secondary N) is 1. The zero-order valence-corrected chi connectivity index (χ0v) is 13.1. The van der Waals surface area contributed by atoms with Gasteiger partial charge in [-0.05, 0) is 25.5 Å². The second kappa shape index (κ2) is 8.69. The second-order valence-electron chi connectivity index (χ2n) is 5.17. The third-order valence-electron chi connectivity index (χ3n) is 3.28. The van der Waals surface area contributed by atoms with Gasteiger partial charge in [-0.25, -0.2) is 0 Å². The van der Waals surface area contributed by atoms with Crippen molar-refractivity contribution in [3.05, 3.63) is 35.4 Å². The van der Waals surface area contributed by atoms with E-state index in [2.05, 4.69) is 12.2 Å². The van der Waals surface area contributed by atoms with Gasteiger partial charge in [0.05, 0.1) is 0 Å². The fourth-order valence-electron chi connectivity index (χ4n) is 2.07. The third kappa shape index (κ3) is 5.70. The van der Waals surface area contributed by atoms with E-state index in [0.717, 1.165) is 18.4 Å². The van der Waals surface area contributed by atoms with Crippen LogP contribution in [-0.2, 0) is 0 Å².